The summed E-state index contributed by atoms with van der Waals surface area (Å²) in [6.45, 7) is 3.93. The maximum absolute atomic E-state index is 12.6. The van der Waals surface area contributed by atoms with Crippen LogP contribution in [0.25, 0.3) is 0 Å². The molecule has 2 N–H and O–H groups in total. The number of ether oxygens (including phenoxy) is 1. The van der Waals surface area contributed by atoms with Gasteiger partial charge in [0.15, 0.2) is 5.13 Å². The summed E-state index contributed by atoms with van der Waals surface area (Å²) in [4.78, 5) is 33.5. The highest BCUT2D eigenvalue weighted by Crippen LogP contribution is 2.23. The van der Waals surface area contributed by atoms with Crippen LogP contribution in [-0.2, 0) is 9.53 Å². The van der Waals surface area contributed by atoms with Crippen LogP contribution in [0.15, 0.2) is 11.6 Å². The summed E-state index contributed by atoms with van der Waals surface area (Å²) in [6, 6.07) is -0.223. The van der Waals surface area contributed by atoms with E-state index in [9.17, 15) is 9.59 Å². The van der Waals surface area contributed by atoms with Gasteiger partial charge in [0.25, 0.3) is 0 Å². The second kappa shape index (κ2) is 8.43. The molecule has 3 fully saturated rings. The zero-order chi connectivity index (χ0) is 18.6. The average Bonchev–Trinajstić information content (AvgIpc) is 3.34. The third kappa shape index (κ3) is 4.35. The molecule has 0 aliphatic carbocycles. The van der Waals surface area contributed by atoms with E-state index < -0.39 is 6.04 Å². The molecule has 3 saturated heterocycles. The fraction of sp³-hybridized carbons (Fsp3) is 0.722. The molecule has 0 bridgehead atoms. The summed E-state index contributed by atoms with van der Waals surface area (Å²) in [5.41, 5.74) is 0. The third-order valence-electron chi connectivity index (χ3n) is 5.70. The number of nitrogens with zero attached hydrogens (tertiary/aromatic N) is 3. The van der Waals surface area contributed by atoms with E-state index in [2.05, 4.69) is 20.5 Å². The number of carbonyl (C=O) groups is 2. The highest BCUT2D eigenvalue weighted by molar-refractivity contribution is 7.13. The number of nitrogens with one attached hydrogen (secondary N) is 2. The van der Waals surface area contributed by atoms with Gasteiger partial charge < -0.3 is 25.2 Å². The van der Waals surface area contributed by atoms with Crippen LogP contribution < -0.4 is 15.5 Å². The van der Waals surface area contributed by atoms with Crippen LogP contribution in [0.1, 0.15) is 32.1 Å². The molecule has 0 aromatic carbocycles. The van der Waals surface area contributed by atoms with E-state index in [4.69, 9.17) is 4.74 Å². The van der Waals surface area contributed by atoms with Crippen LogP contribution in [0, 0.1) is 0 Å². The Morgan fingerprint density at radius 3 is 2.59 bits per heavy atom. The number of amides is 3. The molecule has 3 amide bonds. The Kier molecular flexibility index (Phi) is 5.77. The van der Waals surface area contributed by atoms with Gasteiger partial charge >= 0.3 is 6.03 Å². The van der Waals surface area contributed by atoms with E-state index in [0.29, 0.717) is 19.6 Å². The molecular weight excluding hydrogens is 366 g/mol. The summed E-state index contributed by atoms with van der Waals surface area (Å²) < 4.78 is 5.38. The second-order valence-corrected chi connectivity index (χ2v) is 8.28. The number of aromatic nitrogens is 1. The Balaban J connectivity index is 1.21. The summed E-state index contributed by atoms with van der Waals surface area (Å²) in [7, 11) is 0. The zero-order valence-electron chi connectivity index (χ0n) is 15.4. The molecule has 0 spiro atoms. The minimum absolute atomic E-state index is 0.0515. The Morgan fingerprint density at radius 1 is 1.11 bits per heavy atom. The van der Waals surface area contributed by atoms with E-state index in [1.54, 1.807) is 11.3 Å². The van der Waals surface area contributed by atoms with Crippen LogP contribution in [0.2, 0.25) is 0 Å². The molecule has 0 radical (unpaired) electrons. The van der Waals surface area contributed by atoms with Crippen LogP contribution in [0.3, 0.4) is 0 Å². The lowest BCUT2D eigenvalue weighted by atomic mass is 10.1. The molecule has 1 aromatic heterocycles. The molecule has 9 heteroatoms. The second-order valence-electron chi connectivity index (χ2n) is 7.41. The molecule has 3 aliphatic heterocycles. The van der Waals surface area contributed by atoms with Crippen molar-refractivity contribution in [3.05, 3.63) is 11.6 Å². The number of likely N-dealkylation sites (tertiary alicyclic amines) is 1. The van der Waals surface area contributed by atoms with Crippen LogP contribution >= 0.6 is 11.3 Å². The van der Waals surface area contributed by atoms with E-state index in [1.807, 2.05) is 16.5 Å². The molecule has 4 rings (SSSR count). The number of piperidine rings is 1. The third-order valence-corrected chi connectivity index (χ3v) is 6.53. The van der Waals surface area contributed by atoms with Gasteiger partial charge in [-0.05, 0) is 32.1 Å². The standard InChI is InChI=1S/C18H27N5O3S/c24-16-15(3-9-23(16)14-4-10-26-11-5-14)21-17(25)20-13-1-7-22(8-2-13)18-19-6-12-27-18/h6,12-15H,1-5,7-11H2,(H2,20,21,25). The van der Waals surface area contributed by atoms with Gasteiger partial charge in [0.05, 0.1) is 0 Å². The fourth-order valence-corrected chi connectivity index (χ4v) is 4.86. The Hall–Kier alpha value is -1.87. The van der Waals surface area contributed by atoms with E-state index in [-0.39, 0.29) is 24.0 Å². The number of hydrogen-bond donors (Lipinski definition) is 2. The Morgan fingerprint density at radius 2 is 1.89 bits per heavy atom. The van der Waals surface area contributed by atoms with Gasteiger partial charge in [0, 0.05) is 56.5 Å². The average molecular weight is 394 g/mol. The monoisotopic (exact) mass is 393 g/mol. The minimum Gasteiger partial charge on any atom is -0.381 e. The van der Waals surface area contributed by atoms with Crippen molar-refractivity contribution in [3.63, 3.8) is 0 Å². The van der Waals surface area contributed by atoms with E-state index >= 15 is 0 Å². The van der Waals surface area contributed by atoms with Gasteiger partial charge in [-0.3, -0.25) is 4.79 Å². The highest BCUT2D eigenvalue weighted by Gasteiger charge is 2.37. The predicted molar refractivity (Wildman–Crippen MR) is 103 cm³/mol. The van der Waals surface area contributed by atoms with Crippen molar-refractivity contribution in [2.24, 2.45) is 0 Å². The number of carbonyl (C=O) groups excluding carboxylic acids is 2. The molecule has 3 aliphatic rings. The van der Waals surface area contributed by atoms with E-state index in [1.165, 1.54) is 0 Å². The minimum atomic E-state index is -0.400. The maximum atomic E-state index is 12.6. The molecule has 0 saturated carbocycles. The maximum Gasteiger partial charge on any atom is 0.315 e. The molecule has 27 heavy (non-hydrogen) atoms. The SMILES string of the molecule is O=C(NC1CCN(c2nccs2)CC1)NC1CCN(C2CCOCC2)C1=O. The first kappa shape index (κ1) is 18.5. The lowest BCUT2D eigenvalue weighted by Gasteiger charge is -2.32. The molecule has 4 heterocycles. The fourth-order valence-electron chi connectivity index (χ4n) is 4.17. The zero-order valence-corrected chi connectivity index (χ0v) is 16.2. The first-order chi connectivity index (χ1) is 13.2. The van der Waals surface area contributed by atoms with Crippen molar-refractivity contribution < 1.29 is 14.3 Å². The van der Waals surface area contributed by atoms with Gasteiger partial charge in [-0.25, -0.2) is 9.78 Å². The summed E-state index contributed by atoms with van der Waals surface area (Å²) in [5.74, 6) is 0.0515. The molecule has 1 atom stereocenters. The van der Waals surface area contributed by atoms with E-state index in [0.717, 1.165) is 50.4 Å². The Bertz CT molecular complexity index is 641. The predicted octanol–water partition coefficient (Wildman–Crippen LogP) is 1.19. The number of hydrogen-bond acceptors (Lipinski definition) is 6. The molecular formula is C18H27N5O3S. The number of thiazole rings is 1. The van der Waals surface area contributed by atoms with Gasteiger partial charge in [0.1, 0.15) is 6.04 Å². The van der Waals surface area contributed by atoms with Crippen molar-refractivity contribution in [2.75, 3.05) is 37.7 Å². The van der Waals surface area contributed by atoms with Crippen LogP contribution in [0.4, 0.5) is 9.93 Å². The first-order valence-corrected chi connectivity index (χ1v) is 10.7. The quantitative estimate of drug-likeness (QED) is 0.803. The largest absolute Gasteiger partial charge is 0.381 e. The molecule has 148 valence electrons. The number of rotatable bonds is 4. The van der Waals surface area contributed by atoms with Gasteiger partial charge in [-0.2, -0.15) is 0 Å². The van der Waals surface area contributed by atoms with Gasteiger partial charge in [-0.15, -0.1) is 11.3 Å². The Labute approximate surface area is 163 Å². The van der Waals surface area contributed by atoms with Gasteiger partial charge in [-0.1, -0.05) is 0 Å². The summed E-state index contributed by atoms with van der Waals surface area (Å²) in [5, 5.41) is 8.96. The van der Waals surface area contributed by atoms with Crippen molar-refractivity contribution in [1.29, 1.82) is 0 Å². The molecule has 8 nitrogen and oxygen atoms in total. The van der Waals surface area contributed by atoms with Crippen molar-refractivity contribution in [3.8, 4) is 0 Å². The number of urea groups is 1. The molecule has 1 unspecified atom stereocenters. The lowest BCUT2D eigenvalue weighted by Crippen LogP contribution is -2.52. The van der Waals surface area contributed by atoms with Crippen LogP contribution in [0.5, 0.6) is 0 Å². The van der Waals surface area contributed by atoms with Gasteiger partial charge in [0.2, 0.25) is 5.91 Å². The first-order valence-electron chi connectivity index (χ1n) is 9.80. The lowest BCUT2D eigenvalue weighted by molar-refractivity contribution is -0.132. The topological polar surface area (TPSA) is 86.8 Å². The van der Waals surface area contributed by atoms with Crippen LogP contribution in [-0.4, -0.2) is 72.8 Å². The normalized spacial score (nSPS) is 25.0. The summed E-state index contributed by atoms with van der Waals surface area (Å²) in [6.07, 6.45) is 6.07. The summed E-state index contributed by atoms with van der Waals surface area (Å²) >= 11 is 1.64. The smallest absolute Gasteiger partial charge is 0.315 e. The van der Waals surface area contributed by atoms with Crippen molar-refractivity contribution >= 4 is 28.4 Å². The van der Waals surface area contributed by atoms with Crippen molar-refractivity contribution in [2.45, 2.75) is 50.2 Å². The molecule has 1 aromatic rings. The van der Waals surface area contributed by atoms with Crippen molar-refractivity contribution in [1.82, 2.24) is 20.5 Å². The highest BCUT2D eigenvalue weighted by atomic mass is 32.1. The number of anilines is 1.